The average molecular weight is 757 g/mol. The smallest absolute Gasteiger partial charge is 0.223 e. The molecule has 2 fully saturated rings. The van der Waals surface area contributed by atoms with Crippen LogP contribution in [0.1, 0.15) is 47.9 Å². The summed E-state index contributed by atoms with van der Waals surface area (Å²) in [6.45, 7) is 1.56. The number of benzene rings is 2. The van der Waals surface area contributed by atoms with E-state index in [1.54, 1.807) is 0 Å². The summed E-state index contributed by atoms with van der Waals surface area (Å²) in [6, 6.07) is 12.6. The first-order valence-electron chi connectivity index (χ1n) is 16.6. The molecular formula is C37H38F2N2O9S2. The van der Waals surface area contributed by atoms with E-state index in [1.165, 1.54) is 75.1 Å². The van der Waals surface area contributed by atoms with Crippen LogP contribution in [0.3, 0.4) is 0 Å². The minimum atomic E-state index is -4.22. The van der Waals surface area contributed by atoms with Crippen LogP contribution in [-0.2, 0) is 67.5 Å². The highest BCUT2D eigenvalue weighted by molar-refractivity contribution is 7.91. The molecule has 0 spiro atoms. The molecule has 15 heteroatoms. The van der Waals surface area contributed by atoms with Crippen LogP contribution >= 0.6 is 0 Å². The number of methoxy groups -OCH3 is 2. The van der Waals surface area contributed by atoms with Gasteiger partial charge >= 0.3 is 0 Å². The molecule has 276 valence electrons. The second-order valence-corrected chi connectivity index (χ2v) is 16.7. The summed E-state index contributed by atoms with van der Waals surface area (Å²) >= 11 is 0. The number of rotatable bonds is 12. The molecule has 0 radical (unpaired) electrons. The number of sulfone groups is 2. The van der Waals surface area contributed by atoms with Crippen molar-refractivity contribution in [2.24, 2.45) is 0 Å². The number of carbonyl (C=O) groups is 1. The molecule has 0 atom stereocenters. The van der Waals surface area contributed by atoms with E-state index >= 15 is 0 Å². The summed E-state index contributed by atoms with van der Waals surface area (Å²) in [5, 5.41) is -0.620. The summed E-state index contributed by atoms with van der Waals surface area (Å²) < 4.78 is 106. The van der Waals surface area contributed by atoms with Crippen molar-refractivity contribution < 1.29 is 49.4 Å². The summed E-state index contributed by atoms with van der Waals surface area (Å²) in [6.07, 6.45) is 4.13. The van der Waals surface area contributed by atoms with Gasteiger partial charge in [0.2, 0.25) is 19.7 Å². The van der Waals surface area contributed by atoms with Gasteiger partial charge in [0.15, 0.2) is 10.1 Å². The zero-order valence-corrected chi connectivity index (χ0v) is 30.3. The fraction of sp³-hybridized carbons (Fsp3) is 0.378. The molecule has 2 aliphatic heterocycles. The van der Waals surface area contributed by atoms with Crippen molar-refractivity contribution in [3.8, 4) is 0 Å². The Morgan fingerprint density at radius 1 is 0.654 bits per heavy atom. The molecule has 52 heavy (non-hydrogen) atoms. The maximum Gasteiger partial charge on any atom is 0.223 e. The summed E-state index contributed by atoms with van der Waals surface area (Å²) in [5.74, 6) is -1.72. The second-order valence-electron chi connectivity index (χ2n) is 12.9. The highest BCUT2D eigenvalue weighted by Gasteiger charge is 2.37. The molecular weight excluding hydrogens is 719 g/mol. The summed E-state index contributed by atoms with van der Waals surface area (Å²) in [4.78, 5) is 20.6. The molecule has 2 aromatic carbocycles. The van der Waals surface area contributed by atoms with E-state index in [-0.39, 0.29) is 38.5 Å². The fourth-order valence-corrected chi connectivity index (χ4v) is 9.15. The monoisotopic (exact) mass is 756 g/mol. The Labute approximate surface area is 301 Å². The maximum atomic E-state index is 14.7. The Balaban J connectivity index is 1.13. The Morgan fingerprint density at radius 3 is 1.37 bits per heavy atom. The van der Waals surface area contributed by atoms with Gasteiger partial charge in [-0.3, -0.25) is 4.79 Å². The predicted octanol–water partition coefficient (Wildman–Crippen LogP) is 5.08. The lowest BCUT2D eigenvalue weighted by molar-refractivity contribution is -0.117. The number of halogens is 2. The Hall–Kier alpha value is -3.99. The molecule has 2 aromatic heterocycles. The topological polar surface area (TPSA) is 148 Å². The Kier molecular flexibility index (Phi) is 11.0. The van der Waals surface area contributed by atoms with Crippen molar-refractivity contribution in [2.45, 2.75) is 69.6 Å². The van der Waals surface area contributed by atoms with Gasteiger partial charge in [0.05, 0.1) is 21.0 Å². The van der Waals surface area contributed by atoms with E-state index in [9.17, 15) is 30.4 Å². The van der Waals surface area contributed by atoms with Gasteiger partial charge in [-0.25, -0.2) is 35.6 Å². The highest BCUT2D eigenvalue weighted by Crippen LogP contribution is 2.39. The molecule has 6 rings (SSSR count). The zero-order chi connectivity index (χ0) is 37.1. The quantitative estimate of drug-likeness (QED) is 0.191. The number of ketones is 1. The van der Waals surface area contributed by atoms with Crippen LogP contribution in [-0.4, -0.2) is 73.2 Å². The molecule has 0 bridgehead atoms. The number of pyridine rings is 2. The third kappa shape index (κ3) is 7.70. The largest absolute Gasteiger partial charge is 0.381 e. The van der Waals surface area contributed by atoms with Gasteiger partial charge in [-0.2, -0.15) is 0 Å². The van der Waals surface area contributed by atoms with Crippen molar-refractivity contribution in [2.75, 3.05) is 40.6 Å². The van der Waals surface area contributed by atoms with Crippen LogP contribution in [0.25, 0.3) is 0 Å². The van der Waals surface area contributed by atoms with Crippen LogP contribution in [0.4, 0.5) is 8.78 Å². The van der Waals surface area contributed by atoms with Crippen LogP contribution in [0, 0.1) is 11.6 Å². The average Bonchev–Trinajstić information content (AvgIpc) is 3.15. The number of aromatic nitrogens is 2. The van der Waals surface area contributed by atoms with E-state index in [2.05, 4.69) is 9.97 Å². The molecule has 2 aliphatic rings. The van der Waals surface area contributed by atoms with Gasteiger partial charge in [0, 0.05) is 91.6 Å². The van der Waals surface area contributed by atoms with Crippen LogP contribution in [0.2, 0.25) is 0 Å². The summed E-state index contributed by atoms with van der Waals surface area (Å²) in [5.41, 5.74) is -0.0816. The number of hydrogen-bond donors (Lipinski definition) is 0. The lowest BCUT2D eigenvalue weighted by Crippen LogP contribution is -2.35. The molecule has 0 N–H and O–H groups in total. The SMILES string of the molecule is COC1(c2cc(F)cc(S(=O)(=O)c3ccc(CC(=O)Cc4ccc(S(=O)(=O)c5cc(F)cc(C6(OC)CCOCC6)c5)nc4)cn3)c2)CCOCC1. The van der Waals surface area contributed by atoms with Crippen LogP contribution in [0.5, 0.6) is 0 Å². The number of nitrogens with zero attached hydrogens (tertiary/aromatic N) is 2. The molecule has 0 amide bonds. The molecule has 4 heterocycles. The highest BCUT2D eigenvalue weighted by atomic mass is 32.2. The lowest BCUT2D eigenvalue weighted by atomic mass is 9.86. The Bertz CT molecular complexity index is 2000. The van der Waals surface area contributed by atoms with Gasteiger partial charge < -0.3 is 18.9 Å². The first-order chi connectivity index (χ1) is 24.8. The van der Waals surface area contributed by atoms with E-state index < -0.39 is 42.5 Å². The molecule has 0 saturated carbocycles. The lowest BCUT2D eigenvalue weighted by Gasteiger charge is -2.36. The van der Waals surface area contributed by atoms with E-state index in [0.29, 0.717) is 74.4 Å². The molecule has 0 aliphatic carbocycles. The van der Waals surface area contributed by atoms with Crippen molar-refractivity contribution in [1.29, 1.82) is 0 Å². The number of carbonyl (C=O) groups excluding carboxylic acids is 1. The van der Waals surface area contributed by atoms with Crippen molar-refractivity contribution >= 4 is 25.5 Å². The van der Waals surface area contributed by atoms with Gasteiger partial charge in [0.25, 0.3) is 0 Å². The van der Waals surface area contributed by atoms with E-state index in [4.69, 9.17) is 18.9 Å². The van der Waals surface area contributed by atoms with Gasteiger partial charge in [-0.1, -0.05) is 12.1 Å². The molecule has 0 unspecified atom stereocenters. The van der Waals surface area contributed by atoms with Gasteiger partial charge in [0.1, 0.15) is 17.4 Å². The standard InChI is InChI=1S/C37H38F2N2O9S2/c1-47-36(7-11-49-12-8-36)27-17-29(38)21-32(19-27)51(43,44)34-5-3-25(23-40-34)15-31(42)16-26-4-6-35(41-24-26)52(45,46)33-20-28(18-30(39)22-33)37(48-2)9-13-50-14-10-37/h3-6,17-24H,7-16H2,1-2H3. The van der Waals surface area contributed by atoms with E-state index in [0.717, 1.165) is 12.1 Å². The van der Waals surface area contributed by atoms with Gasteiger partial charge in [-0.05, 0) is 70.8 Å². The third-order valence-corrected chi connectivity index (χ3v) is 13.0. The van der Waals surface area contributed by atoms with Gasteiger partial charge in [-0.15, -0.1) is 0 Å². The first-order valence-corrected chi connectivity index (χ1v) is 19.6. The van der Waals surface area contributed by atoms with Crippen LogP contribution in [0.15, 0.2) is 92.9 Å². The normalized spacial score (nSPS) is 17.5. The maximum absolute atomic E-state index is 14.7. The number of Topliss-reactive ketones (excluding diaryl/α,β-unsaturated/α-hetero) is 1. The fourth-order valence-electron chi connectivity index (χ4n) is 6.69. The molecule has 11 nitrogen and oxygen atoms in total. The number of hydrogen-bond acceptors (Lipinski definition) is 11. The minimum absolute atomic E-state index is 0.0890. The summed E-state index contributed by atoms with van der Waals surface area (Å²) in [7, 11) is -5.43. The number of ether oxygens (including phenoxy) is 4. The molecule has 2 saturated heterocycles. The first kappa shape index (κ1) is 37.8. The van der Waals surface area contributed by atoms with E-state index in [1.807, 2.05) is 0 Å². The zero-order valence-electron chi connectivity index (χ0n) is 28.6. The Morgan fingerprint density at radius 2 is 1.04 bits per heavy atom. The minimum Gasteiger partial charge on any atom is -0.381 e. The third-order valence-electron chi connectivity index (χ3n) is 9.75. The predicted molar refractivity (Wildman–Crippen MR) is 182 cm³/mol. The van der Waals surface area contributed by atoms with Crippen LogP contribution < -0.4 is 0 Å². The second kappa shape index (κ2) is 15.2. The van der Waals surface area contributed by atoms with Crippen molar-refractivity contribution in [1.82, 2.24) is 9.97 Å². The van der Waals surface area contributed by atoms with Crippen molar-refractivity contribution in [3.63, 3.8) is 0 Å². The van der Waals surface area contributed by atoms with Crippen molar-refractivity contribution in [3.05, 3.63) is 107 Å². The molecule has 4 aromatic rings.